The van der Waals surface area contributed by atoms with Crippen LogP contribution in [-0.2, 0) is 0 Å². The Hall–Kier alpha value is -2.12. The zero-order valence-electron chi connectivity index (χ0n) is 12.6. The fourth-order valence-corrected chi connectivity index (χ4v) is 2.74. The molecule has 1 heterocycles. The van der Waals surface area contributed by atoms with Gasteiger partial charge in [0, 0.05) is 5.39 Å². The summed E-state index contributed by atoms with van der Waals surface area (Å²) in [4.78, 5) is 7.55. The molecule has 2 aromatic carbocycles. The maximum atomic E-state index is 13.8. The summed E-state index contributed by atoms with van der Waals surface area (Å²) in [5.74, 6) is -1.46. The third-order valence-electron chi connectivity index (χ3n) is 3.42. The second-order valence-corrected chi connectivity index (χ2v) is 5.99. The number of nitrogens with zero attached hydrogens (tertiary/aromatic N) is 3. The van der Waals surface area contributed by atoms with E-state index in [2.05, 4.69) is 9.97 Å². The summed E-state index contributed by atoms with van der Waals surface area (Å²) in [7, 11) is 0. The number of alkyl halides is 3. The van der Waals surface area contributed by atoms with Gasteiger partial charge in [0.05, 0.1) is 16.2 Å². The predicted octanol–water partition coefficient (Wildman–Crippen LogP) is 6.04. The summed E-state index contributed by atoms with van der Waals surface area (Å²) in [6.45, 7) is 1.66. The quantitative estimate of drug-likeness (QED) is 0.303. The average molecular weight is 390 g/mol. The molecule has 9 heteroatoms. The van der Waals surface area contributed by atoms with E-state index in [0.717, 1.165) is 12.1 Å². The smallest absolute Gasteiger partial charge is 0.236 e. The number of aromatic nitrogens is 2. The van der Waals surface area contributed by atoms with E-state index < -0.39 is 23.2 Å². The lowest BCUT2D eigenvalue weighted by atomic mass is 10.2. The Kier molecular flexibility index (Phi) is 4.47. The second-order valence-electron chi connectivity index (χ2n) is 5.24. The number of benzene rings is 2. The third kappa shape index (κ3) is 3.48. The van der Waals surface area contributed by atoms with Gasteiger partial charge in [-0.1, -0.05) is 23.7 Å². The first-order valence-electron chi connectivity index (χ1n) is 6.93. The van der Waals surface area contributed by atoms with E-state index in [1.54, 1.807) is 13.0 Å². The topological polar surface area (TPSA) is 29.0 Å². The number of hydrogen-bond donors (Lipinski definition) is 0. The first kappa shape index (κ1) is 17.7. The van der Waals surface area contributed by atoms with Crippen molar-refractivity contribution in [2.24, 2.45) is 0 Å². The Labute approximate surface area is 149 Å². The lowest BCUT2D eigenvalue weighted by Crippen LogP contribution is -2.34. The number of fused-ring (bicyclic) bond motifs is 1. The second kappa shape index (κ2) is 6.31. The van der Waals surface area contributed by atoms with Gasteiger partial charge in [0.15, 0.2) is 5.82 Å². The van der Waals surface area contributed by atoms with E-state index in [1.165, 1.54) is 18.2 Å². The maximum Gasteiger partial charge on any atom is 0.490 e. The molecule has 3 aromatic rings. The molecule has 0 saturated heterocycles. The fourth-order valence-electron chi connectivity index (χ4n) is 2.41. The molecular formula is C16H9Cl2F4N3. The summed E-state index contributed by atoms with van der Waals surface area (Å²) in [5, 5.41) is -0.848. The van der Waals surface area contributed by atoms with Gasteiger partial charge in [-0.15, -0.1) is 13.2 Å². The molecule has 0 radical (unpaired) electrons. The van der Waals surface area contributed by atoms with Crippen molar-refractivity contribution in [3.05, 3.63) is 58.1 Å². The Bertz CT molecular complexity index is 960. The van der Waals surface area contributed by atoms with Gasteiger partial charge < -0.3 is 0 Å². The minimum atomic E-state index is -4.82. The van der Waals surface area contributed by atoms with Crippen LogP contribution in [0.25, 0.3) is 10.9 Å². The standard InChI is InChI=1S/C16H9Cl2F4N3/c1-8-3-2-4-9(5-8)25(16(20,21)22)14-10-6-12(19)11(17)7-13(10)23-15(18)24-14/h2-7H,1H3. The van der Waals surface area contributed by atoms with Gasteiger partial charge in [0.1, 0.15) is 5.82 Å². The van der Waals surface area contributed by atoms with Gasteiger partial charge in [-0.25, -0.2) is 14.3 Å². The molecule has 0 aliphatic heterocycles. The van der Waals surface area contributed by atoms with E-state index in [9.17, 15) is 17.6 Å². The summed E-state index contributed by atoms with van der Waals surface area (Å²) < 4.78 is 55.1. The van der Waals surface area contributed by atoms with Crippen LogP contribution >= 0.6 is 23.2 Å². The lowest BCUT2D eigenvalue weighted by molar-refractivity contribution is -0.121. The van der Waals surface area contributed by atoms with Crippen LogP contribution in [0.15, 0.2) is 36.4 Å². The zero-order valence-corrected chi connectivity index (χ0v) is 14.1. The molecule has 3 rings (SSSR count). The molecule has 0 amide bonds. The van der Waals surface area contributed by atoms with E-state index in [4.69, 9.17) is 23.2 Å². The van der Waals surface area contributed by atoms with Crippen LogP contribution in [0.2, 0.25) is 10.3 Å². The first-order valence-corrected chi connectivity index (χ1v) is 7.68. The highest BCUT2D eigenvalue weighted by Gasteiger charge is 2.41. The number of rotatable bonds is 2. The normalized spacial score (nSPS) is 11.8. The highest BCUT2D eigenvalue weighted by atomic mass is 35.5. The molecule has 0 atom stereocenters. The van der Waals surface area contributed by atoms with Crippen molar-refractivity contribution in [2.45, 2.75) is 13.2 Å². The summed E-state index contributed by atoms with van der Waals surface area (Å²) in [6.07, 6.45) is -4.82. The minimum Gasteiger partial charge on any atom is -0.236 e. The lowest BCUT2D eigenvalue weighted by Gasteiger charge is -2.27. The van der Waals surface area contributed by atoms with Crippen LogP contribution < -0.4 is 4.90 Å². The van der Waals surface area contributed by atoms with Gasteiger partial charge in [0.25, 0.3) is 0 Å². The molecule has 0 aliphatic carbocycles. The van der Waals surface area contributed by atoms with Gasteiger partial charge in [-0.05, 0) is 48.4 Å². The average Bonchev–Trinajstić information content (AvgIpc) is 2.48. The van der Waals surface area contributed by atoms with Gasteiger partial charge in [-0.2, -0.15) is 4.98 Å². The fraction of sp³-hybridized carbons (Fsp3) is 0.125. The Morgan fingerprint density at radius 2 is 1.76 bits per heavy atom. The Morgan fingerprint density at radius 3 is 2.40 bits per heavy atom. The molecule has 0 bridgehead atoms. The molecule has 0 unspecified atom stereocenters. The molecule has 0 saturated carbocycles. The molecule has 130 valence electrons. The van der Waals surface area contributed by atoms with Crippen molar-refractivity contribution in [3.63, 3.8) is 0 Å². The predicted molar refractivity (Wildman–Crippen MR) is 88.9 cm³/mol. The molecule has 25 heavy (non-hydrogen) atoms. The number of aryl methyl sites for hydroxylation is 1. The van der Waals surface area contributed by atoms with Crippen molar-refractivity contribution < 1.29 is 17.6 Å². The number of hydrogen-bond acceptors (Lipinski definition) is 3. The largest absolute Gasteiger partial charge is 0.490 e. The SMILES string of the molecule is Cc1cccc(N(c2nc(Cl)nc3cc(Cl)c(F)cc23)C(F)(F)F)c1. The molecular weight excluding hydrogens is 381 g/mol. The van der Waals surface area contributed by atoms with Crippen molar-refractivity contribution in [1.82, 2.24) is 9.97 Å². The minimum absolute atomic E-state index is 0.00306. The van der Waals surface area contributed by atoms with Crippen molar-refractivity contribution in [1.29, 1.82) is 0 Å². The molecule has 0 N–H and O–H groups in total. The zero-order chi connectivity index (χ0) is 18.4. The van der Waals surface area contributed by atoms with Crippen molar-refractivity contribution in [3.8, 4) is 0 Å². The van der Waals surface area contributed by atoms with E-state index >= 15 is 0 Å². The molecule has 0 fully saturated rings. The number of halogens is 6. The van der Waals surface area contributed by atoms with E-state index in [0.29, 0.717) is 5.56 Å². The number of anilines is 2. The summed E-state index contributed by atoms with van der Waals surface area (Å²) in [5.41, 5.74) is 0.438. The third-order valence-corrected chi connectivity index (χ3v) is 3.87. The monoisotopic (exact) mass is 389 g/mol. The molecule has 0 aliphatic rings. The van der Waals surface area contributed by atoms with E-state index in [1.807, 2.05) is 0 Å². The van der Waals surface area contributed by atoms with Crippen LogP contribution in [-0.4, -0.2) is 16.3 Å². The maximum absolute atomic E-state index is 13.8. The highest BCUT2D eigenvalue weighted by molar-refractivity contribution is 6.32. The van der Waals surface area contributed by atoms with Gasteiger partial charge in [0.2, 0.25) is 5.28 Å². The van der Waals surface area contributed by atoms with Gasteiger partial charge in [-0.3, -0.25) is 0 Å². The Morgan fingerprint density at radius 1 is 1.04 bits per heavy atom. The summed E-state index contributed by atoms with van der Waals surface area (Å²) in [6, 6.07) is 7.70. The van der Waals surface area contributed by atoms with Crippen molar-refractivity contribution >= 4 is 45.6 Å². The van der Waals surface area contributed by atoms with Crippen LogP contribution in [0.3, 0.4) is 0 Å². The highest BCUT2D eigenvalue weighted by Crippen LogP contribution is 2.40. The van der Waals surface area contributed by atoms with Gasteiger partial charge >= 0.3 is 6.30 Å². The van der Waals surface area contributed by atoms with Crippen LogP contribution in [0, 0.1) is 12.7 Å². The first-order chi connectivity index (χ1) is 11.7. The molecule has 1 aromatic heterocycles. The molecule has 3 nitrogen and oxygen atoms in total. The van der Waals surface area contributed by atoms with Crippen LogP contribution in [0.5, 0.6) is 0 Å². The Balaban J connectivity index is 2.35. The van der Waals surface area contributed by atoms with Crippen LogP contribution in [0.4, 0.5) is 29.1 Å². The summed E-state index contributed by atoms with van der Waals surface area (Å²) >= 11 is 11.5. The van der Waals surface area contributed by atoms with Crippen LogP contribution in [0.1, 0.15) is 5.56 Å². The molecule has 0 spiro atoms. The van der Waals surface area contributed by atoms with Crippen molar-refractivity contribution in [2.75, 3.05) is 4.90 Å². The van der Waals surface area contributed by atoms with E-state index in [-0.39, 0.29) is 26.5 Å².